The van der Waals surface area contributed by atoms with Crippen molar-refractivity contribution in [2.75, 3.05) is 6.54 Å². The molecule has 0 saturated heterocycles. The van der Waals surface area contributed by atoms with Crippen LogP contribution in [0.4, 0.5) is 0 Å². The first-order valence-electron chi connectivity index (χ1n) is 9.34. The molecule has 0 amide bonds. The van der Waals surface area contributed by atoms with Crippen molar-refractivity contribution in [1.82, 2.24) is 9.58 Å². The van der Waals surface area contributed by atoms with Crippen LogP contribution in [0.1, 0.15) is 56.9 Å². The van der Waals surface area contributed by atoms with Gasteiger partial charge in [-0.05, 0) is 0 Å². The predicted molar refractivity (Wildman–Crippen MR) is 108 cm³/mol. The fourth-order valence-corrected chi connectivity index (χ4v) is 3.57. The Morgan fingerprint density at radius 3 is 2.62 bits per heavy atom. The van der Waals surface area contributed by atoms with Crippen molar-refractivity contribution in [2.24, 2.45) is 5.84 Å². The van der Waals surface area contributed by atoms with Crippen LogP contribution in [0.15, 0.2) is 18.2 Å². The summed E-state index contributed by atoms with van der Waals surface area (Å²) in [6, 6.07) is 6.87. The zero-order chi connectivity index (χ0) is 17.7. The predicted octanol–water partition coefficient (Wildman–Crippen LogP) is 3.47. The van der Waals surface area contributed by atoms with E-state index in [4.69, 9.17) is 5.84 Å². The van der Waals surface area contributed by atoms with Crippen molar-refractivity contribution in [3.8, 4) is 0 Å². The Hall–Kier alpha value is -1.55. The molecule has 3 nitrogen and oxygen atoms in total. The summed E-state index contributed by atoms with van der Waals surface area (Å²) < 4.78 is 2.54. The van der Waals surface area contributed by atoms with E-state index < -0.39 is 0 Å². The summed E-state index contributed by atoms with van der Waals surface area (Å²) in [5.41, 5.74) is 6.80. The van der Waals surface area contributed by atoms with Crippen molar-refractivity contribution in [1.29, 1.82) is 0 Å². The van der Waals surface area contributed by atoms with E-state index in [1.54, 1.807) is 5.01 Å². The Bertz CT molecular complexity index is 702. The molecule has 0 saturated carbocycles. The van der Waals surface area contributed by atoms with Gasteiger partial charge in [0.15, 0.2) is 0 Å². The number of benzene rings is 1. The molecule has 4 heteroatoms. The van der Waals surface area contributed by atoms with Crippen LogP contribution in [0.2, 0.25) is 0 Å². The molecule has 0 radical (unpaired) electrons. The van der Waals surface area contributed by atoms with Crippen molar-refractivity contribution < 1.29 is 0 Å². The second kappa shape index (κ2) is 8.52. The molecule has 2 rings (SSSR count). The van der Waals surface area contributed by atoms with E-state index in [9.17, 15) is 0 Å². The molecule has 2 aromatic rings. The summed E-state index contributed by atoms with van der Waals surface area (Å²) >= 11 is 0. The van der Waals surface area contributed by atoms with E-state index in [-0.39, 0.29) is 0 Å². The molecule has 0 aliphatic carbocycles. The maximum absolute atomic E-state index is 5.93. The van der Waals surface area contributed by atoms with Gasteiger partial charge in [-0.15, -0.1) is 0 Å². The molecule has 1 heterocycles. The second-order valence-electron chi connectivity index (χ2n) is 6.66. The Kier molecular flexibility index (Phi) is 6.67. The standard InChI is InChI=1S/C20H32BN3/c1-5-9-18-16(6-2)17-14-15(4)11-12-19(17)23(18)13-8-10-20(21)24(22)7-3/h11-12,14,21H,5-10,13,22H2,1-4H3. The van der Waals surface area contributed by atoms with Gasteiger partial charge in [0.2, 0.25) is 0 Å². The van der Waals surface area contributed by atoms with Crippen LogP contribution < -0.4 is 5.84 Å². The maximum atomic E-state index is 5.93. The monoisotopic (exact) mass is 325 g/mol. The molecule has 1 aromatic carbocycles. The van der Waals surface area contributed by atoms with Crippen LogP contribution in [-0.4, -0.2) is 29.2 Å². The van der Waals surface area contributed by atoms with Gasteiger partial charge >= 0.3 is 147 Å². The third-order valence-corrected chi connectivity index (χ3v) is 4.88. The number of hydrogen-bond donors (Lipinski definition) is 1. The molecule has 24 heavy (non-hydrogen) atoms. The summed E-state index contributed by atoms with van der Waals surface area (Å²) in [7, 11) is 4.10. The van der Waals surface area contributed by atoms with E-state index >= 15 is 0 Å². The molecule has 0 aliphatic heterocycles. The normalized spacial score (nSPS) is 11.2. The topological polar surface area (TPSA) is 34.2 Å². The first-order chi connectivity index (χ1) is 11.5. The molecule has 130 valence electrons. The molecule has 0 spiro atoms. The van der Waals surface area contributed by atoms with Crippen molar-refractivity contribution in [3.05, 3.63) is 35.0 Å². The van der Waals surface area contributed by atoms with E-state index in [1.165, 1.54) is 34.1 Å². The van der Waals surface area contributed by atoms with Crippen LogP contribution >= 0.6 is 0 Å². The van der Waals surface area contributed by atoms with Gasteiger partial charge in [0.25, 0.3) is 0 Å². The van der Waals surface area contributed by atoms with E-state index in [2.05, 4.69) is 57.9 Å². The number of aryl methyl sites for hydroxylation is 3. The number of nitrogens with two attached hydrogens (primary N) is 1. The average molecular weight is 325 g/mol. The summed E-state index contributed by atoms with van der Waals surface area (Å²) in [4.78, 5) is 0. The van der Waals surface area contributed by atoms with Gasteiger partial charge in [-0.25, -0.2) is 0 Å². The number of nitrogens with zero attached hydrogens (tertiary/aromatic N) is 2. The van der Waals surface area contributed by atoms with Crippen LogP contribution in [0.3, 0.4) is 0 Å². The average Bonchev–Trinajstić information content (AvgIpc) is 2.86. The number of aromatic nitrogens is 1. The summed E-state index contributed by atoms with van der Waals surface area (Å²) in [5.74, 6) is 5.93. The fourth-order valence-electron chi connectivity index (χ4n) is 3.57. The third-order valence-electron chi connectivity index (χ3n) is 4.88. The SMILES string of the molecule is B=C(CCCn1c(CCC)c(CC)c2cc(C)ccc21)N(N)CC. The van der Waals surface area contributed by atoms with Crippen LogP contribution in [-0.2, 0) is 19.4 Å². The number of fused-ring (bicyclic) bond motifs is 1. The Balaban J connectivity index is 2.30. The zero-order valence-corrected chi connectivity index (χ0v) is 15.9. The van der Waals surface area contributed by atoms with E-state index in [0.29, 0.717) is 0 Å². The summed E-state index contributed by atoms with van der Waals surface area (Å²) in [5, 5.41) is 3.19. The van der Waals surface area contributed by atoms with Gasteiger partial charge in [-0.1, -0.05) is 0 Å². The van der Waals surface area contributed by atoms with Gasteiger partial charge in [-0.3, -0.25) is 0 Å². The fraction of sp³-hybridized carbons (Fsp3) is 0.550. The quantitative estimate of drug-likeness (QED) is 0.435. The Morgan fingerprint density at radius 1 is 1.25 bits per heavy atom. The number of hydrazine groups is 1. The molecule has 0 unspecified atom stereocenters. The first-order valence-corrected chi connectivity index (χ1v) is 9.34. The van der Waals surface area contributed by atoms with E-state index in [0.717, 1.165) is 44.4 Å². The van der Waals surface area contributed by atoms with Gasteiger partial charge in [0, 0.05) is 0 Å². The minimum absolute atomic E-state index is 0.811. The van der Waals surface area contributed by atoms with Crippen molar-refractivity contribution >= 4 is 24.0 Å². The minimum atomic E-state index is 0.811. The van der Waals surface area contributed by atoms with Gasteiger partial charge in [-0.2, -0.15) is 0 Å². The molecular weight excluding hydrogens is 293 g/mol. The van der Waals surface area contributed by atoms with Gasteiger partial charge in [0.05, 0.1) is 0 Å². The summed E-state index contributed by atoms with van der Waals surface area (Å²) in [6.07, 6.45) is 5.45. The number of hydrogen-bond acceptors (Lipinski definition) is 2. The molecule has 0 atom stereocenters. The molecule has 0 fully saturated rings. The molecule has 2 N–H and O–H groups in total. The van der Waals surface area contributed by atoms with E-state index in [1.807, 2.05) is 0 Å². The van der Waals surface area contributed by atoms with Crippen molar-refractivity contribution in [3.63, 3.8) is 0 Å². The molecule has 0 bridgehead atoms. The summed E-state index contributed by atoms with van der Waals surface area (Å²) in [6.45, 7) is 10.6. The van der Waals surface area contributed by atoms with Crippen LogP contribution in [0.25, 0.3) is 10.9 Å². The Labute approximate surface area is 147 Å². The number of rotatable bonds is 9. The first kappa shape index (κ1) is 18.8. The van der Waals surface area contributed by atoms with Gasteiger partial charge < -0.3 is 0 Å². The second-order valence-corrected chi connectivity index (χ2v) is 6.66. The van der Waals surface area contributed by atoms with Crippen molar-refractivity contribution in [2.45, 2.75) is 66.3 Å². The molecular formula is C20H32BN3. The van der Waals surface area contributed by atoms with Crippen LogP contribution in [0, 0.1) is 6.92 Å². The molecule has 0 aliphatic rings. The Morgan fingerprint density at radius 2 is 2.00 bits per heavy atom. The van der Waals surface area contributed by atoms with Crippen LogP contribution in [0.5, 0.6) is 0 Å². The van der Waals surface area contributed by atoms with Gasteiger partial charge in [0.1, 0.15) is 0 Å². The molecule has 1 aromatic heterocycles. The third kappa shape index (κ3) is 3.92. The zero-order valence-electron chi connectivity index (χ0n) is 15.9.